The Balaban J connectivity index is 2.18. The van der Waals surface area contributed by atoms with Crippen LogP contribution in [0.25, 0.3) is 0 Å². The molecule has 1 saturated heterocycles. The second-order valence-corrected chi connectivity index (χ2v) is 12.2. The van der Waals surface area contributed by atoms with Gasteiger partial charge in [0, 0.05) is 6.42 Å². The van der Waals surface area contributed by atoms with Crippen LogP contribution in [0.2, 0.25) is 0 Å². The Kier molecular flexibility index (Phi) is 24.5. The Morgan fingerprint density at radius 3 is 1.38 bits per heavy atom. The van der Waals surface area contributed by atoms with Gasteiger partial charge in [-0.2, -0.15) is 0 Å². The monoisotopic (exact) mass is 564 g/mol. The van der Waals surface area contributed by atoms with E-state index in [2.05, 4.69) is 13.8 Å². The van der Waals surface area contributed by atoms with Crippen molar-refractivity contribution in [2.45, 2.75) is 187 Å². The fourth-order valence-electron chi connectivity index (χ4n) is 5.43. The molecule has 0 saturated carbocycles. The Hall–Kier alpha value is -1.23. The van der Waals surface area contributed by atoms with Gasteiger partial charge in [-0.3, -0.25) is 14.4 Å². The van der Waals surface area contributed by atoms with E-state index >= 15 is 0 Å². The fourth-order valence-corrected chi connectivity index (χ4v) is 5.43. The summed E-state index contributed by atoms with van der Waals surface area (Å²) in [6.45, 7) is 5.29. The summed E-state index contributed by atoms with van der Waals surface area (Å²) in [6, 6.07) is 0. The van der Waals surface area contributed by atoms with Crippen LogP contribution >= 0.6 is 0 Å². The van der Waals surface area contributed by atoms with Crippen molar-refractivity contribution >= 4 is 17.5 Å². The number of esters is 1. The van der Waals surface area contributed by atoms with E-state index in [4.69, 9.17) is 9.47 Å². The van der Waals surface area contributed by atoms with Crippen molar-refractivity contribution in [3.8, 4) is 0 Å². The summed E-state index contributed by atoms with van der Waals surface area (Å²) in [5.41, 5.74) is 0. The van der Waals surface area contributed by atoms with Gasteiger partial charge >= 0.3 is 5.97 Å². The lowest BCUT2D eigenvalue weighted by atomic mass is 9.92. The van der Waals surface area contributed by atoms with Crippen LogP contribution in [0.3, 0.4) is 0 Å². The molecule has 5 heteroatoms. The molecule has 40 heavy (non-hydrogen) atoms. The van der Waals surface area contributed by atoms with E-state index in [1.54, 1.807) is 0 Å². The quantitative estimate of drug-likeness (QED) is 0.0275. The van der Waals surface area contributed by atoms with Crippen molar-refractivity contribution in [1.29, 1.82) is 0 Å². The number of epoxide rings is 1. The van der Waals surface area contributed by atoms with Gasteiger partial charge in [-0.15, -0.1) is 0 Å². The molecule has 1 aliphatic rings. The predicted molar refractivity (Wildman–Crippen MR) is 166 cm³/mol. The molecule has 234 valence electrons. The van der Waals surface area contributed by atoms with Crippen LogP contribution in [0.15, 0.2) is 0 Å². The molecule has 2 atom stereocenters. The van der Waals surface area contributed by atoms with Crippen molar-refractivity contribution in [2.24, 2.45) is 5.92 Å². The number of rotatable bonds is 31. The molecule has 0 aliphatic carbocycles. The van der Waals surface area contributed by atoms with Gasteiger partial charge in [-0.25, -0.2) is 0 Å². The van der Waals surface area contributed by atoms with Crippen molar-refractivity contribution < 1.29 is 23.9 Å². The summed E-state index contributed by atoms with van der Waals surface area (Å²) in [5.74, 6) is -2.40. The summed E-state index contributed by atoms with van der Waals surface area (Å²) in [7, 11) is 0. The van der Waals surface area contributed by atoms with Crippen molar-refractivity contribution in [3.63, 3.8) is 0 Å². The molecular formula is C35H64O5. The molecule has 1 aliphatic heterocycles. The lowest BCUT2D eigenvalue weighted by Gasteiger charge is -2.14. The molecule has 1 rings (SSSR count). The highest BCUT2D eigenvalue weighted by Crippen LogP contribution is 2.19. The van der Waals surface area contributed by atoms with Gasteiger partial charge in [0.05, 0.1) is 6.61 Å². The van der Waals surface area contributed by atoms with E-state index in [-0.39, 0.29) is 19.1 Å². The summed E-state index contributed by atoms with van der Waals surface area (Å²) in [5, 5.41) is 0. The molecule has 5 nitrogen and oxygen atoms in total. The molecule has 1 fully saturated rings. The van der Waals surface area contributed by atoms with E-state index in [0.717, 1.165) is 38.5 Å². The summed E-state index contributed by atoms with van der Waals surface area (Å²) >= 11 is 0. The Labute approximate surface area is 247 Å². The Bertz CT molecular complexity index is 627. The van der Waals surface area contributed by atoms with Crippen molar-refractivity contribution in [2.75, 3.05) is 13.2 Å². The molecule has 0 amide bonds. The van der Waals surface area contributed by atoms with Crippen LogP contribution in [0.1, 0.15) is 181 Å². The first-order chi connectivity index (χ1) is 19.6. The standard InChI is InChI=1S/C35H64O5/c1-3-5-7-9-11-13-15-17-19-21-23-25-27-32(35(38)40-30-31-29-39-31)34(37)33(36)28-26-24-22-20-18-16-14-12-10-8-6-4-2/h31-32H,3-30H2,1-2H3. The molecule has 0 aromatic rings. The number of carbonyl (C=O) groups excluding carboxylic acids is 3. The molecule has 0 bridgehead atoms. The van der Waals surface area contributed by atoms with Crippen LogP contribution in [-0.4, -0.2) is 36.9 Å². The lowest BCUT2D eigenvalue weighted by Crippen LogP contribution is -2.32. The third kappa shape index (κ3) is 21.5. The van der Waals surface area contributed by atoms with Gasteiger partial charge in [-0.1, -0.05) is 162 Å². The number of ether oxygens (including phenoxy) is 2. The first-order valence-corrected chi connectivity index (χ1v) is 17.4. The van der Waals surface area contributed by atoms with Gasteiger partial charge < -0.3 is 9.47 Å². The number of Topliss-reactive ketones (excluding diaryl/α,β-unsaturated/α-hetero) is 2. The minimum Gasteiger partial charge on any atom is -0.462 e. The normalized spacial score (nSPS) is 15.2. The number of carbonyl (C=O) groups is 3. The van der Waals surface area contributed by atoms with Gasteiger partial charge in [0.2, 0.25) is 5.78 Å². The fraction of sp³-hybridized carbons (Fsp3) is 0.914. The maximum absolute atomic E-state index is 12.9. The molecule has 1 heterocycles. The first kappa shape index (κ1) is 36.8. The van der Waals surface area contributed by atoms with E-state index in [0.29, 0.717) is 13.0 Å². The smallest absolute Gasteiger partial charge is 0.317 e. The topological polar surface area (TPSA) is 73.0 Å². The van der Waals surface area contributed by atoms with Crippen LogP contribution in [0, 0.1) is 5.92 Å². The highest BCUT2D eigenvalue weighted by Gasteiger charge is 2.33. The zero-order valence-corrected chi connectivity index (χ0v) is 26.5. The Morgan fingerprint density at radius 1 is 0.600 bits per heavy atom. The summed E-state index contributed by atoms with van der Waals surface area (Å²) in [4.78, 5) is 38.3. The number of ketones is 2. The zero-order valence-electron chi connectivity index (χ0n) is 26.5. The van der Waals surface area contributed by atoms with Gasteiger partial charge in [0.1, 0.15) is 18.6 Å². The largest absolute Gasteiger partial charge is 0.462 e. The number of hydrogen-bond acceptors (Lipinski definition) is 5. The summed E-state index contributed by atoms with van der Waals surface area (Å²) in [6.07, 6.45) is 30.1. The molecule has 2 unspecified atom stereocenters. The van der Waals surface area contributed by atoms with Crippen molar-refractivity contribution in [1.82, 2.24) is 0 Å². The molecule has 0 spiro atoms. The third-order valence-electron chi connectivity index (χ3n) is 8.29. The maximum atomic E-state index is 12.9. The van der Waals surface area contributed by atoms with E-state index in [9.17, 15) is 14.4 Å². The highest BCUT2D eigenvalue weighted by atomic mass is 16.6. The second-order valence-electron chi connectivity index (χ2n) is 12.2. The van der Waals surface area contributed by atoms with E-state index in [1.165, 1.54) is 116 Å². The zero-order chi connectivity index (χ0) is 29.1. The maximum Gasteiger partial charge on any atom is 0.317 e. The average Bonchev–Trinajstić information content (AvgIpc) is 3.79. The van der Waals surface area contributed by atoms with Crippen LogP contribution in [0.5, 0.6) is 0 Å². The number of hydrogen-bond donors (Lipinski definition) is 0. The van der Waals surface area contributed by atoms with Gasteiger partial charge in [0.15, 0.2) is 5.78 Å². The number of unbranched alkanes of at least 4 members (excludes halogenated alkanes) is 22. The van der Waals surface area contributed by atoms with E-state index in [1.807, 2.05) is 0 Å². The lowest BCUT2D eigenvalue weighted by molar-refractivity contribution is -0.155. The summed E-state index contributed by atoms with van der Waals surface area (Å²) < 4.78 is 10.5. The SMILES string of the molecule is CCCCCCCCCCCCCCC(=O)C(=O)C(CCCCCCCCCCCCCC)C(=O)OCC1CO1. The molecule has 0 aromatic carbocycles. The van der Waals surface area contributed by atoms with Gasteiger partial charge in [-0.05, 0) is 12.8 Å². The van der Waals surface area contributed by atoms with Crippen LogP contribution < -0.4 is 0 Å². The molecule has 0 aromatic heterocycles. The third-order valence-corrected chi connectivity index (χ3v) is 8.29. The minimum absolute atomic E-state index is 0.0388. The molecule has 0 radical (unpaired) electrons. The Morgan fingerprint density at radius 2 is 0.975 bits per heavy atom. The van der Waals surface area contributed by atoms with Gasteiger partial charge in [0.25, 0.3) is 0 Å². The first-order valence-electron chi connectivity index (χ1n) is 17.4. The van der Waals surface area contributed by atoms with Crippen molar-refractivity contribution in [3.05, 3.63) is 0 Å². The molecular weight excluding hydrogens is 500 g/mol. The van der Waals surface area contributed by atoms with Crippen LogP contribution in [-0.2, 0) is 23.9 Å². The predicted octanol–water partition coefficient (Wildman–Crippen LogP) is 9.87. The average molecular weight is 565 g/mol. The highest BCUT2D eigenvalue weighted by molar-refractivity contribution is 6.41. The second kappa shape index (κ2) is 26.7. The van der Waals surface area contributed by atoms with E-state index < -0.39 is 23.5 Å². The van der Waals surface area contributed by atoms with Crippen LogP contribution in [0.4, 0.5) is 0 Å². The molecule has 0 N–H and O–H groups in total. The minimum atomic E-state index is -0.938.